The van der Waals surface area contributed by atoms with E-state index in [9.17, 15) is 14.4 Å². The molecule has 0 atom stereocenters. The van der Waals surface area contributed by atoms with Gasteiger partial charge < -0.3 is 15.0 Å². The van der Waals surface area contributed by atoms with Gasteiger partial charge in [-0.2, -0.15) is 0 Å². The number of amides is 2. The molecular formula is C23H25N3O4S2. The Bertz CT molecular complexity index is 1190. The van der Waals surface area contributed by atoms with Gasteiger partial charge >= 0.3 is 5.97 Å². The molecule has 0 aliphatic carbocycles. The van der Waals surface area contributed by atoms with Gasteiger partial charge in [-0.25, -0.2) is 9.78 Å². The molecule has 0 fully saturated rings. The smallest absolute Gasteiger partial charge is 0.341 e. The Labute approximate surface area is 195 Å². The summed E-state index contributed by atoms with van der Waals surface area (Å²) in [6.07, 6.45) is 0. The standard InChI is InChI=1S/C23H25N3O4S2/c1-6-30-23(29)19-14(3)20(22(28)26(4)5)32-21(19)25-17(27)12-31-18-11-13(2)15-9-7-8-10-16(15)24-18/h7-11H,6,12H2,1-5H3,(H,25,27). The summed E-state index contributed by atoms with van der Waals surface area (Å²) in [5.41, 5.74) is 2.69. The summed E-state index contributed by atoms with van der Waals surface area (Å²) in [5.74, 6) is -0.975. The van der Waals surface area contributed by atoms with Crippen molar-refractivity contribution in [3.8, 4) is 0 Å². The number of para-hydroxylation sites is 1. The first kappa shape index (κ1) is 23.7. The Morgan fingerprint density at radius 3 is 2.59 bits per heavy atom. The fraction of sp³-hybridized carbons (Fsp3) is 0.304. The van der Waals surface area contributed by atoms with Crippen LogP contribution in [0.15, 0.2) is 35.4 Å². The van der Waals surface area contributed by atoms with E-state index in [1.165, 1.54) is 16.7 Å². The quantitative estimate of drug-likeness (QED) is 0.403. The van der Waals surface area contributed by atoms with Gasteiger partial charge in [-0.1, -0.05) is 30.0 Å². The highest BCUT2D eigenvalue weighted by Gasteiger charge is 2.27. The highest BCUT2D eigenvalue weighted by atomic mass is 32.2. The summed E-state index contributed by atoms with van der Waals surface area (Å²) in [4.78, 5) is 44.1. The van der Waals surface area contributed by atoms with E-state index < -0.39 is 5.97 Å². The largest absolute Gasteiger partial charge is 0.462 e. The first-order valence-corrected chi connectivity index (χ1v) is 11.8. The van der Waals surface area contributed by atoms with Crippen LogP contribution < -0.4 is 5.32 Å². The molecule has 0 aliphatic heterocycles. The molecule has 3 aromatic rings. The lowest BCUT2D eigenvalue weighted by molar-refractivity contribution is -0.113. The van der Waals surface area contributed by atoms with E-state index in [1.807, 2.05) is 37.3 Å². The Kier molecular flexibility index (Phi) is 7.52. The number of fused-ring (bicyclic) bond motifs is 1. The van der Waals surface area contributed by atoms with Crippen molar-refractivity contribution in [1.29, 1.82) is 0 Å². The van der Waals surface area contributed by atoms with Crippen LogP contribution in [0, 0.1) is 13.8 Å². The number of rotatable bonds is 7. The van der Waals surface area contributed by atoms with Crippen LogP contribution in [-0.4, -0.2) is 54.1 Å². The fourth-order valence-corrected chi connectivity index (χ4v) is 5.16. The number of hydrogen-bond donors (Lipinski definition) is 1. The van der Waals surface area contributed by atoms with Crippen molar-refractivity contribution < 1.29 is 19.1 Å². The number of esters is 1. The van der Waals surface area contributed by atoms with Crippen molar-refractivity contribution in [2.24, 2.45) is 0 Å². The number of nitrogens with one attached hydrogen (secondary N) is 1. The average molecular weight is 472 g/mol. The number of nitrogens with zero attached hydrogens (tertiary/aromatic N) is 2. The van der Waals surface area contributed by atoms with E-state index in [2.05, 4.69) is 10.3 Å². The molecule has 32 heavy (non-hydrogen) atoms. The molecule has 168 valence electrons. The Morgan fingerprint density at radius 1 is 1.19 bits per heavy atom. The molecule has 2 heterocycles. The second-order valence-corrected chi connectivity index (χ2v) is 9.33. The Hall–Kier alpha value is -2.91. The van der Waals surface area contributed by atoms with Crippen molar-refractivity contribution in [2.75, 3.05) is 31.8 Å². The van der Waals surface area contributed by atoms with E-state index in [0.29, 0.717) is 15.4 Å². The van der Waals surface area contributed by atoms with E-state index >= 15 is 0 Å². The molecule has 0 aliphatic rings. The lowest BCUT2D eigenvalue weighted by atomic mass is 10.1. The summed E-state index contributed by atoms with van der Waals surface area (Å²) < 4.78 is 5.14. The maximum atomic E-state index is 12.7. The third kappa shape index (κ3) is 5.11. The van der Waals surface area contributed by atoms with Gasteiger partial charge in [0.05, 0.1) is 33.3 Å². The summed E-state index contributed by atoms with van der Waals surface area (Å²) >= 11 is 2.40. The van der Waals surface area contributed by atoms with Crippen molar-refractivity contribution >= 4 is 56.8 Å². The normalized spacial score (nSPS) is 10.8. The zero-order valence-electron chi connectivity index (χ0n) is 18.6. The van der Waals surface area contributed by atoms with Crippen LogP contribution in [0.25, 0.3) is 10.9 Å². The molecule has 2 amide bonds. The molecular weight excluding hydrogens is 446 g/mol. The molecule has 0 unspecified atom stereocenters. The minimum Gasteiger partial charge on any atom is -0.462 e. The predicted molar refractivity (Wildman–Crippen MR) is 129 cm³/mol. The topological polar surface area (TPSA) is 88.6 Å². The summed E-state index contributed by atoms with van der Waals surface area (Å²) in [6, 6.07) is 9.81. The van der Waals surface area contributed by atoms with Gasteiger partial charge in [0, 0.05) is 19.5 Å². The number of carbonyl (C=O) groups excluding carboxylic acids is 3. The lowest BCUT2D eigenvalue weighted by Gasteiger charge is -2.09. The van der Waals surface area contributed by atoms with Crippen molar-refractivity contribution in [3.05, 3.63) is 51.9 Å². The number of aryl methyl sites for hydroxylation is 1. The molecule has 0 spiro atoms. The van der Waals surface area contributed by atoms with Crippen LogP contribution in [-0.2, 0) is 9.53 Å². The Morgan fingerprint density at radius 2 is 1.91 bits per heavy atom. The first-order valence-electron chi connectivity index (χ1n) is 10.0. The van der Waals surface area contributed by atoms with Gasteiger partial charge in [-0.05, 0) is 44.0 Å². The minimum absolute atomic E-state index is 0.112. The van der Waals surface area contributed by atoms with Crippen LogP contribution in [0.5, 0.6) is 0 Å². The maximum Gasteiger partial charge on any atom is 0.341 e. The van der Waals surface area contributed by atoms with Gasteiger partial charge in [-0.15, -0.1) is 11.3 Å². The molecule has 2 aromatic heterocycles. The van der Waals surface area contributed by atoms with Crippen molar-refractivity contribution in [3.63, 3.8) is 0 Å². The SMILES string of the molecule is CCOC(=O)c1c(NC(=O)CSc2cc(C)c3ccccc3n2)sc(C(=O)N(C)C)c1C. The van der Waals surface area contributed by atoms with Gasteiger partial charge in [0.25, 0.3) is 5.91 Å². The molecule has 0 radical (unpaired) electrons. The monoisotopic (exact) mass is 471 g/mol. The molecule has 7 nitrogen and oxygen atoms in total. The lowest BCUT2D eigenvalue weighted by Crippen LogP contribution is -2.21. The maximum absolute atomic E-state index is 12.7. The molecule has 0 saturated carbocycles. The van der Waals surface area contributed by atoms with Crippen LogP contribution in [0.1, 0.15) is 38.1 Å². The second kappa shape index (κ2) is 10.1. The van der Waals surface area contributed by atoms with Crippen LogP contribution in [0.2, 0.25) is 0 Å². The number of ether oxygens (including phenoxy) is 1. The summed E-state index contributed by atoms with van der Waals surface area (Å²) in [7, 11) is 3.28. The number of anilines is 1. The van der Waals surface area contributed by atoms with Crippen LogP contribution in [0.3, 0.4) is 0 Å². The van der Waals surface area contributed by atoms with Gasteiger partial charge in [-0.3, -0.25) is 9.59 Å². The minimum atomic E-state index is -0.561. The zero-order valence-corrected chi connectivity index (χ0v) is 20.3. The van der Waals surface area contributed by atoms with Gasteiger partial charge in [0.1, 0.15) is 5.00 Å². The summed E-state index contributed by atoms with van der Waals surface area (Å²) in [5, 5.41) is 4.92. The number of thioether (sulfide) groups is 1. The summed E-state index contributed by atoms with van der Waals surface area (Å²) in [6.45, 7) is 5.60. The van der Waals surface area contributed by atoms with E-state index in [0.717, 1.165) is 32.8 Å². The first-order chi connectivity index (χ1) is 15.2. The van der Waals surface area contributed by atoms with Crippen LogP contribution >= 0.6 is 23.1 Å². The average Bonchev–Trinajstić information content (AvgIpc) is 3.07. The van der Waals surface area contributed by atoms with E-state index in [4.69, 9.17) is 4.74 Å². The van der Waals surface area contributed by atoms with Crippen molar-refractivity contribution in [2.45, 2.75) is 25.8 Å². The zero-order chi connectivity index (χ0) is 23.4. The number of thiophene rings is 1. The van der Waals surface area contributed by atoms with Gasteiger partial charge in [0.15, 0.2) is 0 Å². The van der Waals surface area contributed by atoms with E-state index in [-0.39, 0.29) is 29.7 Å². The third-order valence-electron chi connectivity index (χ3n) is 4.73. The number of aromatic nitrogens is 1. The van der Waals surface area contributed by atoms with E-state index in [1.54, 1.807) is 27.9 Å². The highest BCUT2D eigenvalue weighted by Crippen LogP contribution is 2.34. The predicted octanol–water partition coefficient (Wildman–Crippen LogP) is 4.52. The highest BCUT2D eigenvalue weighted by molar-refractivity contribution is 7.99. The molecule has 9 heteroatoms. The van der Waals surface area contributed by atoms with Gasteiger partial charge in [0.2, 0.25) is 5.91 Å². The molecule has 0 bridgehead atoms. The second-order valence-electron chi connectivity index (χ2n) is 7.31. The number of hydrogen-bond acceptors (Lipinski definition) is 7. The molecule has 0 saturated heterocycles. The molecule has 1 N–H and O–H groups in total. The Balaban J connectivity index is 1.80. The fourth-order valence-electron chi connectivity index (χ4n) is 3.15. The number of benzene rings is 1. The van der Waals surface area contributed by atoms with Crippen LogP contribution in [0.4, 0.5) is 5.00 Å². The number of carbonyl (C=O) groups is 3. The van der Waals surface area contributed by atoms with Crippen molar-refractivity contribution in [1.82, 2.24) is 9.88 Å². The molecule has 3 rings (SSSR count). The number of pyridine rings is 1. The third-order valence-corrected chi connectivity index (χ3v) is 6.84. The molecule has 1 aromatic carbocycles.